The number of carbonyl (C=O) groups is 3. The van der Waals surface area contributed by atoms with E-state index in [-0.39, 0.29) is 0 Å². The highest BCUT2D eigenvalue weighted by atomic mass is 32.2. The molecule has 39 heavy (non-hydrogen) atoms. The predicted molar refractivity (Wildman–Crippen MR) is 147 cm³/mol. The van der Waals surface area contributed by atoms with Crippen molar-refractivity contribution in [3.63, 3.8) is 0 Å². The number of thioether (sulfide) groups is 1. The second-order valence-electron chi connectivity index (χ2n) is 9.25. The molecule has 9 heteroatoms. The molecule has 5 unspecified atom stereocenters. The molecule has 1 aliphatic rings. The van der Waals surface area contributed by atoms with Crippen LogP contribution in [0.2, 0.25) is 0 Å². The van der Waals surface area contributed by atoms with Crippen molar-refractivity contribution in [1.82, 2.24) is 0 Å². The van der Waals surface area contributed by atoms with E-state index in [0.29, 0.717) is 12.8 Å². The van der Waals surface area contributed by atoms with Crippen LogP contribution in [0.25, 0.3) is 6.08 Å². The van der Waals surface area contributed by atoms with E-state index >= 15 is 0 Å². The molecule has 8 nitrogen and oxygen atoms in total. The minimum Gasteiger partial charge on any atom is -0.455 e. The molecule has 0 N–H and O–H groups in total. The molecular formula is C30H33NO7S. The van der Waals surface area contributed by atoms with Crippen molar-refractivity contribution >= 4 is 35.7 Å². The molecule has 2 aromatic carbocycles. The number of nitrogens with zero attached hydrogens (tertiary/aromatic N) is 1. The van der Waals surface area contributed by atoms with Gasteiger partial charge >= 0.3 is 17.9 Å². The Bertz CT molecular complexity index is 1250. The average molecular weight is 552 g/mol. The molecule has 206 valence electrons. The SMILES string of the molecule is CSC1OC(c2ccc(C)c(Cc3ccc(C=CCC#N)cc3)c2)C(OC(C)=O)C(OC(C)=O)C1OC(C)=O. The van der Waals surface area contributed by atoms with Crippen LogP contribution in [0.4, 0.5) is 0 Å². The molecule has 1 fully saturated rings. The Morgan fingerprint density at radius 2 is 1.56 bits per heavy atom. The van der Waals surface area contributed by atoms with Crippen molar-refractivity contribution in [2.24, 2.45) is 0 Å². The lowest BCUT2D eigenvalue weighted by Gasteiger charge is -2.44. The third kappa shape index (κ3) is 8.19. The summed E-state index contributed by atoms with van der Waals surface area (Å²) < 4.78 is 23.1. The Hall–Kier alpha value is -3.61. The molecule has 0 saturated carbocycles. The molecule has 1 aliphatic heterocycles. The van der Waals surface area contributed by atoms with Gasteiger partial charge in [-0.15, -0.1) is 11.8 Å². The van der Waals surface area contributed by atoms with Gasteiger partial charge in [-0.05, 0) is 47.4 Å². The quantitative estimate of drug-likeness (QED) is 0.311. The zero-order valence-electron chi connectivity index (χ0n) is 22.7. The first-order valence-electron chi connectivity index (χ1n) is 12.5. The van der Waals surface area contributed by atoms with Gasteiger partial charge in [-0.2, -0.15) is 5.26 Å². The van der Waals surface area contributed by atoms with Gasteiger partial charge in [0, 0.05) is 20.8 Å². The third-order valence-electron chi connectivity index (χ3n) is 6.23. The Morgan fingerprint density at radius 1 is 0.949 bits per heavy atom. The molecular weight excluding hydrogens is 518 g/mol. The number of nitriles is 1. The summed E-state index contributed by atoms with van der Waals surface area (Å²) in [5, 5.41) is 8.71. The van der Waals surface area contributed by atoms with Gasteiger partial charge in [-0.25, -0.2) is 0 Å². The molecule has 5 atom stereocenters. The second-order valence-corrected chi connectivity index (χ2v) is 10.2. The molecule has 0 bridgehead atoms. The summed E-state index contributed by atoms with van der Waals surface area (Å²) >= 11 is 1.31. The third-order valence-corrected chi connectivity index (χ3v) is 7.07. The van der Waals surface area contributed by atoms with Crippen molar-refractivity contribution in [3.8, 4) is 6.07 Å². The molecule has 0 radical (unpaired) electrons. The van der Waals surface area contributed by atoms with Crippen molar-refractivity contribution < 1.29 is 33.3 Å². The number of aryl methyl sites for hydroxylation is 1. The molecule has 0 aliphatic carbocycles. The van der Waals surface area contributed by atoms with Crippen LogP contribution in [0, 0.1) is 18.3 Å². The Morgan fingerprint density at radius 3 is 2.15 bits per heavy atom. The highest BCUT2D eigenvalue weighted by Gasteiger charge is 2.52. The van der Waals surface area contributed by atoms with Crippen LogP contribution in [0.15, 0.2) is 48.5 Å². The molecule has 0 aromatic heterocycles. The van der Waals surface area contributed by atoms with Gasteiger partial charge in [-0.3, -0.25) is 14.4 Å². The van der Waals surface area contributed by atoms with E-state index in [0.717, 1.165) is 27.8 Å². The first-order valence-corrected chi connectivity index (χ1v) is 13.8. The molecule has 0 spiro atoms. The maximum absolute atomic E-state index is 12.1. The van der Waals surface area contributed by atoms with Gasteiger partial charge in [0.25, 0.3) is 0 Å². The molecule has 1 saturated heterocycles. The van der Waals surface area contributed by atoms with E-state index in [9.17, 15) is 14.4 Å². The van der Waals surface area contributed by atoms with Crippen LogP contribution in [0.1, 0.15) is 61.1 Å². The number of rotatable bonds is 9. The van der Waals surface area contributed by atoms with Gasteiger partial charge in [0.1, 0.15) is 11.5 Å². The van der Waals surface area contributed by atoms with Crippen LogP contribution in [-0.2, 0) is 39.8 Å². The Balaban J connectivity index is 1.96. The van der Waals surface area contributed by atoms with Crippen LogP contribution < -0.4 is 0 Å². The average Bonchev–Trinajstić information content (AvgIpc) is 2.88. The highest BCUT2D eigenvalue weighted by Crippen LogP contribution is 2.40. The first kappa shape index (κ1) is 29.9. The molecule has 1 heterocycles. The largest absolute Gasteiger partial charge is 0.455 e. The number of benzene rings is 2. The lowest BCUT2D eigenvalue weighted by molar-refractivity contribution is -0.233. The number of ether oxygens (including phenoxy) is 4. The number of esters is 3. The normalized spacial score (nSPS) is 22.6. The van der Waals surface area contributed by atoms with Crippen LogP contribution in [0.5, 0.6) is 0 Å². The van der Waals surface area contributed by atoms with Gasteiger partial charge < -0.3 is 18.9 Å². The maximum atomic E-state index is 12.1. The second kappa shape index (κ2) is 14.0. The Labute approximate surface area is 233 Å². The van der Waals surface area contributed by atoms with E-state index in [1.807, 2.05) is 61.5 Å². The summed E-state index contributed by atoms with van der Waals surface area (Å²) in [7, 11) is 0. The fourth-order valence-electron chi connectivity index (χ4n) is 4.50. The fourth-order valence-corrected chi connectivity index (χ4v) is 5.21. The summed E-state index contributed by atoms with van der Waals surface area (Å²) in [6, 6.07) is 16.1. The lowest BCUT2D eigenvalue weighted by Crippen LogP contribution is -2.57. The molecule has 2 aromatic rings. The van der Waals surface area contributed by atoms with Crippen molar-refractivity contribution in [3.05, 3.63) is 76.4 Å². The Kier molecular flexibility index (Phi) is 10.7. The van der Waals surface area contributed by atoms with Crippen molar-refractivity contribution in [2.75, 3.05) is 6.26 Å². The van der Waals surface area contributed by atoms with E-state index in [2.05, 4.69) is 6.07 Å². The maximum Gasteiger partial charge on any atom is 0.303 e. The minimum atomic E-state index is -1.06. The first-order chi connectivity index (χ1) is 18.6. The number of allylic oxidation sites excluding steroid dienone is 1. The van der Waals surface area contributed by atoms with Gasteiger partial charge in [-0.1, -0.05) is 54.6 Å². The molecule has 3 rings (SSSR count). The van der Waals surface area contributed by atoms with Crippen molar-refractivity contribution in [1.29, 1.82) is 5.26 Å². The lowest BCUT2D eigenvalue weighted by atomic mass is 9.90. The zero-order chi connectivity index (χ0) is 28.5. The highest BCUT2D eigenvalue weighted by molar-refractivity contribution is 7.99. The summed E-state index contributed by atoms with van der Waals surface area (Å²) in [6.07, 6.45) is 2.73. The van der Waals surface area contributed by atoms with E-state index in [4.69, 9.17) is 24.2 Å². The van der Waals surface area contributed by atoms with Crippen molar-refractivity contribution in [2.45, 2.75) is 70.4 Å². The van der Waals surface area contributed by atoms with Gasteiger partial charge in [0.15, 0.2) is 18.3 Å². The van der Waals surface area contributed by atoms with Crippen LogP contribution in [-0.4, -0.2) is 47.9 Å². The van der Waals surface area contributed by atoms with Gasteiger partial charge in [0.2, 0.25) is 0 Å². The van der Waals surface area contributed by atoms with E-state index in [1.54, 1.807) is 6.26 Å². The topological polar surface area (TPSA) is 112 Å². The standard InChI is InChI=1S/C30H33NO7S/c1-18-9-14-24(17-25(18)16-23-12-10-22(11-13-23)8-6-7-15-31)26-27(35-19(2)32)28(36-20(3)33)29(37-21(4)34)30(38-26)39-5/h6,8-14,17,26-30H,7,16H2,1-5H3. The number of carbonyl (C=O) groups excluding carboxylic acids is 3. The minimum absolute atomic E-state index is 0.364. The number of hydrogen-bond donors (Lipinski definition) is 0. The van der Waals surface area contributed by atoms with Crippen LogP contribution >= 0.6 is 11.8 Å². The van der Waals surface area contributed by atoms with E-state index in [1.165, 1.54) is 32.5 Å². The van der Waals surface area contributed by atoms with Gasteiger partial charge in [0.05, 0.1) is 12.5 Å². The zero-order valence-corrected chi connectivity index (χ0v) is 23.5. The molecule has 0 amide bonds. The summed E-state index contributed by atoms with van der Waals surface area (Å²) in [5.41, 5.74) is 4.33. The number of hydrogen-bond acceptors (Lipinski definition) is 9. The van der Waals surface area contributed by atoms with E-state index < -0.39 is 47.8 Å². The fraction of sp³-hybridized carbons (Fsp3) is 0.400. The van der Waals surface area contributed by atoms with Crippen LogP contribution in [0.3, 0.4) is 0 Å². The predicted octanol–water partition coefficient (Wildman–Crippen LogP) is 5.07. The summed E-state index contributed by atoms with van der Waals surface area (Å²) in [5.74, 6) is -1.74. The summed E-state index contributed by atoms with van der Waals surface area (Å²) in [4.78, 5) is 36.0. The monoisotopic (exact) mass is 551 g/mol. The summed E-state index contributed by atoms with van der Waals surface area (Å²) in [6.45, 7) is 5.80. The smallest absolute Gasteiger partial charge is 0.303 e.